The highest BCUT2D eigenvalue weighted by molar-refractivity contribution is 6.74. The standard InChI is InChI=1S/C19H36O5Si/c1-14(20)22-15-11-16(23-18-9-7-8-10-21-18)13-17(12-15)24-25(5,6)19(2,3)4/h15-18H,7-13H2,1-6H3. The second-order valence-electron chi connectivity index (χ2n) is 8.99. The van der Waals surface area contributed by atoms with E-state index in [-0.39, 0.29) is 35.6 Å². The van der Waals surface area contributed by atoms with Crippen molar-refractivity contribution < 1.29 is 23.4 Å². The lowest BCUT2D eigenvalue weighted by Crippen LogP contribution is -2.48. The van der Waals surface area contributed by atoms with Gasteiger partial charge in [-0.05, 0) is 43.8 Å². The quantitative estimate of drug-likeness (QED) is 0.529. The van der Waals surface area contributed by atoms with Gasteiger partial charge in [0, 0.05) is 26.4 Å². The summed E-state index contributed by atoms with van der Waals surface area (Å²) < 4.78 is 24.0. The summed E-state index contributed by atoms with van der Waals surface area (Å²) in [6.45, 7) is 13.5. The zero-order valence-corrected chi connectivity index (χ0v) is 17.8. The first-order valence-corrected chi connectivity index (χ1v) is 12.6. The van der Waals surface area contributed by atoms with E-state index in [2.05, 4.69) is 33.9 Å². The Balaban J connectivity index is 2.01. The van der Waals surface area contributed by atoms with Gasteiger partial charge in [-0.2, -0.15) is 0 Å². The Labute approximate surface area is 153 Å². The van der Waals surface area contributed by atoms with E-state index in [0.717, 1.165) is 45.1 Å². The van der Waals surface area contributed by atoms with Crippen LogP contribution in [0.2, 0.25) is 18.1 Å². The van der Waals surface area contributed by atoms with E-state index in [0.29, 0.717) is 0 Å². The highest BCUT2D eigenvalue weighted by Crippen LogP contribution is 2.40. The van der Waals surface area contributed by atoms with Crippen molar-refractivity contribution in [3.05, 3.63) is 0 Å². The molecule has 25 heavy (non-hydrogen) atoms. The summed E-state index contributed by atoms with van der Waals surface area (Å²) in [6, 6.07) is 0. The molecule has 0 bridgehead atoms. The number of hydrogen-bond donors (Lipinski definition) is 0. The fourth-order valence-corrected chi connectivity index (χ4v) is 4.71. The Morgan fingerprint density at radius 1 is 1.04 bits per heavy atom. The molecule has 1 aliphatic heterocycles. The molecule has 5 nitrogen and oxygen atoms in total. The molecule has 2 rings (SSSR count). The first-order chi connectivity index (χ1) is 11.6. The van der Waals surface area contributed by atoms with Crippen LogP contribution < -0.4 is 0 Å². The van der Waals surface area contributed by atoms with E-state index in [1.165, 1.54) is 6.92 Å². The summed E-state index contributed by atoms with van der Waals surface area (Å²) in [5, 5.41) is 0.157. The summed E-state index contributed by atoms with van der Waals surface area (Å²) in [5.74, 6) is -0.231. The fraction of sp³-hybridized carbons (Fsp3) is 0.947. The largest absolute Gasteiger partial charge is 0.462 e. The molecular formula is C19H36O5Si. The topological polar surface area (TPSA) is 54.0 Å². The molecule has 4 unspecified atom stereocenters. The zero-order chi connectivity index (χ0) is 18.7. The maximum atomic E-state index is 11.4. The molecule has 0 amide bonds. The summed E-state index contributed by atoms with van der Waals surface area (Å²) >= 11 is 0. The molecule has 2 aliphatic rings. The molecule has 1 aliphatic carbocycles. The molecule has 0 aromatic rings. The van der Waals surface area contributed by atoms with Gasteiger partial charge in [0.05, 0.1) is 12.2 Å². The van der Waals surface area contributed by atoms with Crippen LogP contribution in [0.15, 0.2) is 0 Å². The van der Waals surface area contributed by atoms with Gasteiger partial charge in [-0.1, -0.05) is 20.8 Å². The van der Waals surface area contributed by atoms with Gasteiger partial charge in [0.1, 0.15) is 6.10 Å². The molecule has 6 heteroatoms. The van der Waals surface area contributed by atoms with Crippen LogP contribution in [-0.4, -0.2) is 45.5 Å². The van der Waals surface area contributed by atoms with Crippen molar-refractivity contribution in [3.63, 3.8) is 0 Å². The second kappa shape index (κ2) is 8.50. The molecule has 0 N–H and O–H groups in total. The molecular weight excluding hydrogens is 336 g/mol. The minimum absolute atomic E-state index is 0.0240. The SMILES string of the molecule is CC(=O)OC1CC(OC2CCCCO2)CC(O[Si](C)(C)C(C)(C)C)C1. The molecule has 1 saturated heterocycles. The highest BCUT2D eigenvalue weighted by atomic mass is 28.4. The lowest BCUT2D eigenvalue weighted by atomic mass is 9.92. The molecule has 1 saturated carbocycles. The maximum absolute atomic E-state index is 11.4. The van der Waals surface area contributed by atoms with E-state index in [1.807, 2.05) is 0 Å². The lowest BCUT2D eigenvalue weighted by molar-refractivity contribution is -0.207. The van der Waals surface area contributed by atoms with Gasteiger partial charge >= 0.3 is 5.97 Å². The van der Waals surface area contributed by atoms with Gasteiger partial charge < -0.3 is 18.6 Å². The first-order valence-electron chi connectivity index (χ1n) is 9.69. The van der Waals surface area contributed by atoms with Crippen molar-refractivity contribution in [2.45, 2.75) is 109 Å². The summed E-state index contributed by atoms with van der Waals surface area (Å²) in [4.78, 5) is 11.4. The van der Waals surface area contributed by atoms with E-state index in [1.54, 1.807) is 0 Å². The Bertz CT molecular complexity index is 440. The molecule has 1 heterocycles. The number of esters is 1. The fourth-order valence-electron chi connectivity index (χ4n) is 3.33. The van der Waals surface area contributed by atoms with Crippen molar-refractivity contribution in [1.29, 1.82) is 0 Å². The molecule has 0 aromatic heterocycles. The Hall–Kier alpha value is -0.433. The number of carbonyl (C=O) groups excluding carboxylic acids is 1. The second-order valence-corrected chi connectivity index (χ2v) is 13.7. The molecule has 2 fully saturated rings. The van der Waals surface area contributed by atoms with Gasteiger partial charge in [0.25, 0.3) is 0 Å². The summed E-state index contributed by atoms with van der Waals surface area (Å²) in [6.07, 6.45) is 5.40. The lowest BCUT2D eigenvalue weighted by Gasteiger charge is -2.43. The van der Waals surface area contributed by atoms with Crippen LogP contribution in [0.5, 0.6) is 0 Å². The third-order valence-electron chi connectivity index (χ3n) is 5.66. The van der Waals surface area contributed by atoms with Gasteiger partial charge in [-0.15, -0.1) is 0 Å². The predicted molar refractivity (Wildman–Crippen MR) is 99.9 cm³/mol. The van der Waals surface area contributed by atoms with Crippen LogP contribution in [0.25, 0.3) is 0 Å². The predicted octanol–water partition coefficient (Wildman–Crippen LogP) is 4.40. The van der Waals surface area contributed by atoms with Crippen LogP contribution in [0.4, 0.5) is 0 Å². The minimum atomic E-state index is -1.87. The first kappa shape index (κ1) is 20.9. The van der Waals surface area contributed by atoms with Gasteiger partial charge in [-0.3, -0.25) is 4.79 Å². The van der Waals surface area contributed by atoms with Crippen LogP contribution >= 0.6 is 0 Å². The van der Waals surface area contributed by atoms with Gasteiger partial charge in [0.2, 0.25) is 0 Å². The molecule has 0 aromatic carbocycles. The zero-order valence-electron chi connectivity index (χ0n) is 16.8. The number of rotatable bonds is 5. The molecule has 146 valence electrons. The third kappa shape index (κ3) is 6.34. The van der Waals surface area contributed by atoms with E-state index < -0.39 is 8.32 Å². The number of hydrogen-bond acceptors (Lipinski definition) is 5. The molecule has 0 spiro atoms. The Morgan fingerprint density at radius 2 is 1.68 bits per heavy atom. The number of ether oxygens (including phenoxy) is 3. The van der Waals surface area contributed by atoms with E-state index in [4.69, 9.17) is 18.6 Å². The average molecular weight is 373 g/mol. The average Bonchev–Trinajstić information content (AvgIpc) is 2.45. The summed E-state index contributed by atoms with van der Waals surface area (Å²) in [7, 11) is -1.87. The van der Waals surface area contributed by atoms with Crippen LogP contribution in [0, 0.1) is 0 Å². The summed E-state index contributed by atoms with van der Waals surface area (Å²) in [5.41, 5.74) is 0. The van der Waals surface area contributed by atoms with Crippen LogP contribution in [0.3, 0.4) is 0 Å². The number of carbonyl (C=O) groups is 1. The monoisotopic (exact) mass is 372 g/mol. The van der Waals surface area contributed by atoms with Crippen molar-refractivity contribution in [2.75, 3.05) is 6.61 Å². The van der Waals surface area contributed by atoms with Crippen LogP contribution in [-0.2, 0) is 23.4 Å². The maximum Gasteiger partial charge on any atom is 0.302 e. The van der Waals surface area contributed by atoms with Crippen molar-refractivity contribution in [2.24, 2.45) is 0 Å². The Morgan fingerprint density at radius 3 is 2.24 bits per heavy atom. The molecule has 0 radical (unpaired) electrons. The van der Waals surface area contributed by atoms with Gasteiger partial charge in [0.15, 0.2) is 14.6 Å². The van der Waals surface area contributed by atoms with Crippen molar-refractivity contribution in [1.82, 2.24) is 0 Å². The van der Waals surface area contributed by atoms with Crippen molar-refractivity contribution >= 4 is 14.3 Å². The molecule has 4 atom stereocenters. The third-order valence-corrected chi connectivity index (χ3v) is 10.2. The van der Waals surface area contributed by atoms with E-state index >= 15 is 0 Å². The normalized spacial score (nSPS) is 31.6. The van der Waals surface area contributed by atoms with E-state index in [9.17, 15) is 4.79 Å². The Kier molecular flexibility index (Phi) is 7.10. The van der Waals surface area contributed by atoms with Gasteiger partial charge in [-0.25, -0.2) is 0 Å². The van der Waals surface area contributed by atoms with Crippen LogP contribution in [0.1, 0.15) is 66.2 Å². The highest BCUT2D eigenvalue weighted by Gasteiger charge is 2.42. The minimum Gasteiger partial charge on any atom is -0.462 e. The smallest absolute Gasteiger partial charge is 0.302 e. The van der Waals surface area contributed by atoms with Crippen molar-refractivity contribution in [3.8, 4) is 0 Å².